The zero-order valence-corrected chi connectivity index (χ0v) is 12.7. The molecule has 1 aliphatic heterocycles. The number of hydrogen-bond donors (Lipinski definition) is 1. The monoisotopic (exact) mass is 311 g/mol. The largest absolute Gasteiger partial charge is 0.480 e. The van der Waals surface area contributed by atoms with Gasteiger partial charge in [0.25, 0.3) is 5.91 Å². The van der Waals surface area contributed by atoms with Gasteiger partial charge >= 0.3 is 5.97 Å². The van der Waals surface area contributed by atoms with E-state index in [2.05, 4.69) is 5.32 Å². The predicted octanol–water partition coefficient (Wildman–Crippen LogP) is 2.02. The lowest BCUT2D eigenvalue weighted by Crippen LogP contribution is -2.42. The third kappa shape index (κ3) is 3.18. The van der Waals surface area contributed by atoms with E-state index in [1.165, 1.54) is 7.11 Å². The molecular formula is C18H17NO4. The first-order valence-corrected chi connectivity index (χ1v) is 7.36. The van der Waals surface area contributed by atoms with E-state index in [4.69, 9.17) is 9.47 Å². The van der Waals surface area contributed by atoms with Crippen molar-refractivity contribution >= 4 is 11.9 Å². The standard InChI is InChI=1S/C18H17NO4/c1-22-18(21)16(12-7-3-2-4-8-12)19-17(20)15-11-13-9-5-6-10-14(13)23-15/h2-10,15-16H,11H2,1H3,(H,19,20). The van der Waals surface area contributed by atoms with E-state index in [1.807, 2.05) is 30.3 Å². The Morgan fingerprint density at radius 3 is 2.52 bits per heavy atom. The van der Waals surface area contributed by atoms with E-state index in [1.54, 1.807) is 24.3 Å². The molecule has 1 amide bonds. The van der Waals surface area contributed by atoms with Crippen LogP contribution in [-0.4, -0.2) is 25.1 Å². The number of nitrogens with one attached hydrogen (secondary N) is 1. The second kappa shape index (κ2) is 6.52. The SMILES string of the molecule is COC(=O)C(NC(=O)C1Cc2ccccc2O1)c1ccccc1. The maximum atomic E-state index is 12.5. The fourth-order valence-corrected chi connectivity index (χ4v) is 2.61. The number of carbonyl (C=O) groups excluding carboxylic acids is 2. The number of amides is 1. The highest BCUT2D eigenvalue weighted by Crippen LogP contribution is 2.28. The first-order chi connectivity index (χ1) is 11.2. The van der Waals surface area contributed by atoms with Crippen molar-refractivity contribution < 1.29 is 19.1 Å². The van der Waals surface area contributed by atoms with Crippen LogP contribution in [0.3, 0.4) is 0 Å². The maximum Gasteiger partial charge on any atom is 0.333 e. The van der Waals surface area contributed by atoms with Crippen molar-refractivity contribution in [3.63, 3.8) is 0 Å². The quantitative estimate of drug-likeness (QED) is 0.877. The summed E-state index contributed by atoms with van der Waals surface area (Å²) in [4.78, 5) is 24.5. The summed E-state index contributed by atoms with van der Waals surface area (Å²) in [7, 11) is 1.30. The second-order valence-corrected chi connectivity index (χ2v) is 5.29. The number of carbonyl (C=O) groups is 2. The number of rotatable bonds is 4. The van der Waals surface area contributed by atoms with E-state index in [0.717, 1.165) is 5.56 Å². The molecule has 0 aromatic heterocycles. The highest BCUT2D eigenvalue weighted by molar-refractivity contribution is 5.88. The third-order valence-corrected chi connectivity index (χ3v) is 3.80. The molecule has 2 unspecified atom stereocenters. The fourth-order valence-electron chi connectivity index (χ4n) is 2.61. The lowest BCUT2D eigenvalue weighted by atomic mass is 10.1. The number of esters is 1. The number of fused-ring (bicyclic) bond motifs is 1. The van der Waals surface area contributed by atoms with Crippen LogP contribution in [0, 0.1) is 0 Å². The Bertz CT molecular complexity index is 689. The summed E-state index contributed by atoms with van der Waals surface area (Å²) in [6, 6.07) is 15.7. The average Bonchev–Trinajstić information content (AvgIpc) is 3.04. The lowest BCUT2D eigenvalue weighted by Gasteiger charge is -2.19. The zero-order valence-electron chi connectivity index (χ0n) is 12.7. The molecule has 1 aliphatic rings. The van der Waals surface area contributed by atoms with Crippen LogP contribution < -0.4 is 10.1 Å². The Labute approximate surface area is 134 Å². The Hall–Kier alpha value is -2.82. The van der Waals surface area contributed by atoms with Gasteiger partial charge in [-0.2, -0.15) is 0 Å². The van der Waals surface area contributed by atoms with E-state index in [0.29, 0.717) is 17.7 Å². The van der Waals surface area contributed by atoms with Crippen molar-refractivity contribution in [1.82, 2.24) is 5.32 Å². The van der Waals surface area contributed by atoms with Crippen molar-refractivity contribution in [2.75, 3.05) is 7.11 Å². The molecule has 0 saturated heterocycles. The molecule has 0 saturated carbocycles. The lowest BCUT2D eigenvalue weighted by molar-refractivity contribution is -0.146. The van der Waals surface area contributed by atoms with Gasteiger partial charge in [-0.3, -0.25) is 4.79 Å². The maximum absolute atomic E-state index is 12.5. The minimum Gasteiger partial charge on any atom is -0.480 e. The van der Waals surface area contributed by atoms with Gasteiger partial charge in [0.05, 0.1) is 7.11 Å². The fraction of sp³-hybridized carbons (Fsp3) is 0.222. The van der Waals surface area contributed by atoms with Crippen LogP contribution in [0.25, 0.3) is 0 Å². The van der Waals surface area contributed by atoms with E-state index < -0.39 is 18.1 Å². The molecule has 1 heterocycles. The highest BCUT2D eigenvalue weighted by Gasteiger charge is 2.32. The number of para-hydroxylation sites is 1. The van der Waals surface area contributed by atoms with Crippen molar-refractivity contribution in [3.05, 3.63) is 65.7 Å². The summed E-state index contributed by atoms with van der Waals surface area (Å²) in [5.41, 5.74) is 1.66. The minimum absolute atomic E-state index is 0.333. The van der Waals surface area contributed by atoms with Crippen LogP contribution >= 0.6 is 0 Å². The summed E-state index contributed by atoms with van der Waals surface area (Å²) < 4.78 is 10.5. The molecule has 2 aromatic rings. The molecule has 5 heteroatoms. The summed E-state index contributed by atoms with van der Waals surface area (Å²) in [5, 5.41) is 2.72. The van der Waals surface area contributed by atoms with Gasteiger partial charge in [0.1, 0.15) is 5.75 Å². The van der Waals surface area contributed by atoms with Crippen molar-refractivity contribution in [2.24, 2.45) is 0 Å². The molecule has 118 valence electrons. The van der Waals surface area contributed by atoms with Gasteiger partial charge < -0.3 is 14.8 Å². The van der Waals surface area contributed by atoms with Gasteiger partial charge in [-0.15, -0.1) is 0 Å². The van der Waals surface area contributed by atoms with Crippen LogP contribution in [0.4, 0.5) is 0 Å². The molecule has 23 heavy (non-hydrogen) atoms. The molecule has 2 atom stereocenters. The summed E-state index contributed by atoms with van der Waals surface area (Å²) in [6.07, 6.45) is -0.145. The van der Waals surface area contributed by atoms with Crippen LogP contribution in [0.1, 0.15) is 17.2 Å². The second-order valence-electron chi connectivity index (χ2n) is 5.29. The molecule has 5 nitrogen and oxygen atoms in total. The number of benzene rings is 2. The van der Waals surface area contributed by atoms with Crippen molar-refractivity contribution in [1.29, 1.82) is 0 Å². The topological polar surface area (TPSA) is 64.6 Å². The van der Waals surface area contributed by atoms with Crippen molar-refractivity contribution in [3.8, 4) is 5.75 Å². The Morgan fingerprint density at radius 1 is 1.13 bits per heavy atom. The number of hydrogen-bond acceptors (Lipinski definition) is 4. The van der Waals surface area contributed by atoms with Gasteiger partial charge in [0.2, 0.25) is 0 Å². The minimum atomic E-state index is -0.846. The van der Waals surface area contributed by atoms with E-state index in [-0.39, 0.29) is 5.91 Å². The summed E-state index contributed by atoms with van der Waals surface area (Å²) in [5.74, 6) is -0.137. The Kier molecular flexibility index (Phi) is 4.28. The van der Waals surface area contributed by atoms with Gasteiger partial charge in [-0.05, 0) is 17.2 Å². The first-order valence-electron chi connectivity index (χ1n) is 7.36. The van der Waals surface area contributed by atoms with Gasteiger partial charge in [0.15, 0.2) is 12.1 Å². The summed E-state index contributed by atoms with van der Waals surface area (Å²) in [6.45, 7) is 0. The molecule has 2 aromatic carbocycles. The molecule has 0 radical (unpaired) electrons. The average molecular weight is 311 g/mol. The third-order valence-electron chi connectivity index (χ3n) is 3.80. The van der Waals surface area contributed by atoms with E-state index >= 15 is 0 Å². The van der Waals surface area contributed by atoms with Crippen LogP contribution in [0.5, 0.6) is 5.75 Å². The van der Waals surface area contributed by atoms with Crippen LogP contribution in [0.15, 0.2) is 54.6 Å². The molecule has 3 rings (SSSR count). The summed E-state index contributed by atoms with van der Waals surface area (Å²) >= 11 is 0. The Morgan fingerprint density at radius 2 is 1.83 bits per heavy atom. The molecule has 0 aliphatic carbocycles. The molecular weight excluding hydrogens is 294 g/mol. The van der Waals surface area contributed by atoms with Gasteiger partial charge in [-0.1, -0.05) is 48.5 Å². The van der Waals surface area contributed by atoms with Gasteiger partial charge in [0, 0.05) is 6.42 Å². The molecule has 1 N–H and O–H groups in total. The zero-order chi connectivity index (χ0) is 16.2. The molecule has 0 spiro atoms. The predicted molar refractivity (Wildman–Crippen MR) is 83.9 cm³/mol. The highest BCUT2D eigenvalue weighted by atomic mass is 16.5. The van der Waals surface area contributed by atoms with E-state index in [9.17, 15) is 9.59 Å². The van der Waals surface area contributed by atoms with Crippen LogP contribution in [-0.2, 0) is 20.7 Å². The smallest absolute Gasteiger partial charge is 0.333 e. The normalized spacial score (nSPS) is 16.8. The molecule has 0 fully saturated rings. The number of ether oxygens (including phenoxy) is 2. The first kappa shape index (κ1) is 15.1. The Balaban J connectivity index is 1.74. The van der Waals surface area contributed by atoms with Gasteiger partial charge in [-0.25, -0.2) is 4.79 Å². The molecule has 0 bridgehead atoms. The van der Waals surface area contributed by atoms with Crippen LogP contribution in [0.2, 0.25) is 0 Å². The number of methoxy groups -OCH3 is 1. The van der Waals surface area contributed by atoms with Crippen molar-refractivity contribution in [2.45, 2.75) is 18.6 Å².